The highest BCUT2D eigenvalue weighted by molar-refractivity contribution is 6.02. The summed E-state index contributed by atoms with van der Waals surface area (Å²) in [6.07, 6.45) is 4.55. The standard InChI is InChI=1S/C37H37NO7/c1-26(39)7-16-36(40)44-24-23-43-30-14-10-28(11-15-30)37(27-8-12-29(41-2)13-9-27)18-17-33-31-5-3-4-6-32(31)34(25-35(33)45-37)38-19-21-42-22-20-38/h3-6,8-15,17-18,25H,7,16,19-24H2,1-2H3. The number of ketones is 1. The number of nitrogens with zero attached hydrogens (tertiary/aromatic N) is 1. The molecule has 1 unspecified atom stereocenters. The van der Waals surface area contributed by atoms with Gasteiger partial charge in [-0.25, -0.2) is 0 Å². The van der Waals surface area contributed by atoms with E-state index in [1.54, 1.807) is 7.11 Å². The first kappa shape index (κ1) is 30.2. The summed E-state index contributed by atoms with van der Waals surface area (Å²) in [5.74, 6) is 1.77. The van der Waals surface area contributed by atoms with Crippen molar-refractivity contribution in [1.29, 1.82) is 0 Å². The molecule has 0 amide bonds. The van der Waals surface area contributed by atoms with Crippen molar-refractivity contribution in [3.05, 3.63) is 102 Å². The topological polar surface area (TPSA) is 83.5 Å². The number of benzene rings is 4. The van der Waals surface area contributed by atoms with Gasteiger partial charge in [0.1, 0.15) is 36.2 Å². The van der Waals surface area contributed by atoms with Crippen LogP contribution in [0.1, 0.15) is 36.5 Å². The minimum atomic E-state index is -0.908. The predicted molar refractivity (Wildman–Crippen MR) is 173 cm³/mol. The van der Waals surface area contributed by atoms with Crippen molar-refractivity contribution in [2.75, 3.05) is 51.5 Å². The van der Waals surface area contributed by atoms with Gasteiger partial charge in [-0.05, 0) is 48.7 Å². The highest BCUT2D eigenvalue weighted by Gasteiger charge is 2.38. The first-order chi connectivity index (χ1) is 22.0. The highest BCUT2D eigenvalue weighted by Crippen LogP contribution is 2.47. The Morgan fingerprint density at radius 2 is 1.51 bits per heavy atom. The van der Waals surface area contributed by atoms with Gasteiger partial charge in [-0.2, -0.15) is 0 Å². The van der Waals surface area contributed by atoms with E-state index in [1.165, 1.54) is 12.3 Å². The zero-order valence-electron chi connectivity index (χ0n) is 25.6. The number of carbonyl (C=O) groups is 2. The Balaban J connectivity index is 1.30. The fourth-order valence-electron chi connectivity index (χ4n) is 5.86. The summed E-state index contributed by atoms with van der Waals surface area (Å²) >= 11 is 0. The van der Waals surface area contributed by atoms with E-state index < -0.39 is 11.6 Å². The summed E-state index contributed by atoms with van der Waals surface area (Å²) < 4.78 is 29.2. The SMILES string of the molecule is COc1ccc(C2(c3ccc(OCCOC(=O)CCC(C)=O)cc3)C=Cc3c(cc(N4CCOCC4)c4ccccc34)O2)cc1. The molecule has 1 atom stereocenters. The first-order valence-corrected chi connectivity index (χ1v) is 15.3. The van der Waals surface area contributed by atoms with Gasteiger partial charge >= 0.3 is 5.97 Å². The molecular formula is C37H37NO7. The quantitative estimate of drug-likeness (QED) is 0.145. The zero-order chi connectivity index (χ0) is 31.2. The van der Waals surface area contributed by atoms with Gasteiger partial charge in [0.15, 0.2) is 5.60 Å². The van der Waals surface area contributed by atoms with Crippen molar-refractivity contribution < 1.29 is 33.3 Å². The molecule has 1 saturated heterocycles. The molecule has 2 aliphatic rings. The van der Waals surface area contributed by atoms with Gasteiger partial charge in [0, 0.05) is 53.3 Å². The maximum absolute atomic E-state index is 11.8. The largest absolute Gasteiger partial charge is 0.497 e. The number of esters is 1. The van der Waals surface area contributed by atoms with Gasteiger partial charge in [-0.1, -0.05) is 48.5 Å². The number of anilines is 1. The lowest BCUT2D eigenvalue weighted by atomic mass is 9.83. The number of rotatable bonds is 11. The number of fused-ring (bicyclic) bond motifs is 3. The molecule has 2 aliphatic heterocycles. The second-order valence-corrected chi connectivity index (χ2v) is 11.1. The van der Waals surface area contributed by atoms with Gasteiger partial charge < -0.3 is 33.4 Å². The van der Waals surface area contributed by atoms with E-state index in [0.29, 0.717) is 19.0 Å². The molecule has 0 spiro atoms. The van der Waals surface area contributed by atoms with E-state index in [1.807, 2.05) is 48.5 Å². The summed E-state index contributed by atoms with van der Waals surface area (Å²) in [5, 5.41) is 2.33. The van der Waals surface area contributed by atoms with E-state index in [2.05, 4.69) is 47.4 Å². The van der Waals surface area contributed by atoms with Crippen LogP contribution in [0.25, 0.3) is 16.8 Å². The molecule has 2 heterocycles. The third-order valence-corrected chi connectivity index (χ3v) is 8.23. The molecule has 4 aromatic carbocycles. The van der Waals surface area contributed by atoms with Crippen LogP contribution in [-0.2, 0) is 24.7 Å². The molecular weight excluding hydrogens is 570 g/mol. The third kappa shape index (κ3) is 6.51. The molecule has 0 aliphatic carbocycles. The average molecular weight is 608 g/mol. The lowest BCUT2D eigenvalue weighted by Crippen LogP contribution is -2.37. The maximum Gasteiger partial charge on any atom is 0.306 e. The van der Waals surface area contributed by atoms with Crippen LogP contribution >= 0.6 is 0 Å². The van der Waals surface area contributed by atoms with Crippen LogP contribution in [0.5, 0.6) is 17.2 Å². The maximum atomic E-state index is 11.8. The van der Waals surface area contributed by atoms with Gasteiger partial charge in [-0.15, -0.1) is 0 Å². The first-order valence-electron chi connectivity index (χ1n) is 15.3. The Hall–Kier alpha value is -4.82. The smallest absolute Gasteiger partial charge is 0.306 e. The van der Waals surface area contributed by atoms with Crippen LogP contribution in [0.4, 0.5) is 5.69 Å². The molecule has 0 saturated carbocycles. The number of morpholine rings is 1. The van der Waals surface area contributed by atoms with Crippen LogP contribution in [0.15, 0.2) is 84.9 Å². The van der Waals surface area contributed by atoms with Gasteiger partial charge in [-0.3, -0.25) is 4.79 Å². The van der Waals surface area contributed by atoms with Gasteiger partial charge in [0.05, 0.1) is 26.7 Å². The second kappa shape index (κ2) is 13.4. The monoisotopic (exact) mass is 607 g/mol. The van der Waals surface area contributed by atoms with Crippen molar-refractivity contribution in [3.63, 3.8) is 0 Å². The summed E-state index contributed by atoms with van der Waals surface area (Å²) in [5.41, 5.74) is 3.16. The molecule has 4 aromatic rings. The molecule has 0 N–H and O–H groups in total. The average Bonchev–Trinajstić information content (AvgIpc) is 3.09. The summed E-state index contributed by atoms with van der Waals surface area (Å²) in [7, 11) is 1.65. The van der Waals surface area contributed by atoms with E-state index >= 15 is 0 Å². The van der Waals surface area contributed by atoms with Crippen molar-refractivity contribution in [3.8, 4) is 17.2 Å². The second-order valence-electron chi connectivity index (χ2n) is 11.1. The molecule has 45 heavy (non-hydrogen) atoms. The molecule has 0 bridgehead atoms. The Morgan fingerprint density at radius 3 is 2.18 bits per heavy atom. The molecule has 0 radical (unpaired) electrons. The zero-order valence-corrected chi connectivity index (χ0v) is 25.6. The van der Waals surface area contributed by atoms with Gasteiger partial charge in [0.25, 0.3) is 0 Å². The van der Waals surface area contributed by atoms with Crippen molar-refractivity contribution in [1.82, 2.24) is 0 Å². The van der Waals surface area contributed by atoms with Crippen LogP contribution in [0.2, 0.25) is 0 Å². The lowest BCUT2D eigenvalue weighted by molar-refractivity contribution is -0.145. The third-order valence-electron chi connectivity index (χ3n) is 8.23. The normalized spacial score (nSPS) is 17.3. The lowest BCUT2D eigenvalue weighted by Gasteiger charge is -2.38. The van der Waals surface area contributed by atoms with Crippen molar-refractivity contribution in [2.24, 2.45) is 0 Å². The number of Topliss-reactive ketones (excluding diaryl/α,β-unsaturated/α-hetero) is 1. The van der Waals surface area contributed by atoms with E-state index in [-0.39, 0.29) is 31.8 Å². The van der Waals surface area contributed by atoms with Gasteiger partial charge in [0.2, 0.25) is 0 Å². The minimum absolute atomic E-state index is 0.0399. The van der Waals surface area contributed by atoms with Crippen LogP contribution in [0.3, 0.4) is 0 Å². The number of hydrogen-bond donors (Lipinski definition) is 0. The highest BCUT2D eigenvalue weighted by atomic mass is 16.6. The molecule has 8 nitrogen and oxygen atoms in total. The number of methoxy groups -OCH3 is 1. The van der Waals surface area contributed by atoms with Crippen LogP contribution in [0, 0.1) is 0 Å². The van der Waals surface area contributed by atoms with E-state index in [9.17, 15) is 9.59 Å². The van der Waals surface area contributed by atoms with Crippen LogP contribution < -0.4 is 19.1 Å². The summed E-state index contributed by atoms with van der Waals surface area (Å²) in [6, 6.07) is 26.4. The van der Waals surface area contributed by atoms with E-state index in [0.717, 1.165) is 52.4 Å². The Morgan fingerprint density at radius 1 is 0.844 bits per heavy atom. The molecule has 1 fully saturated rings. The Kier molecular flexibility index (Phi) is 9.03. The van der Waals surface area contributed by atoms with E-state index in [4.69, 9.17) is 23.7 Å². The Labute approximate surface area is 263 Å². The predicted octanol–water partition coefficient (Wildman–Crippen LogP) is 6.33. The van der Waals surface area contributed by atoms with Crippen LogP contribution in [-0.4, -0.2) is 58.4 Å². The number of hydrogen-bond acceptors (Lipinski definition) is 8. The molecule has 232 valence electrons. The van der Waals surface area contributed by atoms with Crippen molar-refractivity contribution >= 4 is 34.3 Å². The number of ether oxygens (including phenoxy) is 5. The number of carbonyl (C=O) groups excluding carboxylic acids is 2. The summed E-state index contributed by atoms with van der Waals surface area (Å²) in [6.45, 7) is 4.79. The summed E-state index contributed by atoms with van der Waals surface area (Å²) in [4.78, 5) is 25.2. The fraction of sp³-hybridized carbons (Fsp3) is 0.297. The molecule has 0 aromatic heterocycles. The molecule has 8 heteroatoms. The molecule has 6 rings (SSSR count). The fourth-order valence-corrected chi connectivity index (χ4v) is 5.86. The minimum Gasteiger partial charge on any atom is -0.497 e. The Bertz CT molecular complexity index is 1690. The van der Waals surface area contributed by atoms with Crippen molar-refractivity contribution in [2.45, 2.75) is 25.4 Å².